The maximum atomic E-state index is 12.1. The summed E-state index contributed by atoms with van der Waals surface area (Å²) in [5.74, 6) is -0.354. The van der Waals surface area contributed by atoms with Crippen molar-refractivity contribution in [3.63, 3.8) is 0 Å². The number of carbonyl (C=O) groups excluding carboxylic acids is 1. The number of nitrogens with one attached hydrogen (secondary N) is 1. The Bertz CT molecular complexity index is 1020. The fraction of sp³-hybridized carbons (Fsp3) is 0.118. The van der Waals surface area contributed by atoms with E-state index in [0.717, 1.165) is 5.56 Å². The Morgan fingerprint density at radius 1 is 1.28 bits per heavy atom. The van der Waals surface area contributed by atoms with E-state index in [4.69, 9.17) is 27.9 Å². The van der Waals surface area contributed by atoms with Crippen LogP contribution in [0.1, 0.15) is 5.56 Å². The molecule has 0 saturated heterocycles. The van der Waals surface area contributed by atoms with E-state index >= 15 is 0 Å². The highest BCUT2D eigenvalue weighted by atomic mass is 35.5. The third-order valence-electron chi connectivity index (χ3n) is 3.42. The molecular formula is C17H13Cl2N3O3. The molecule has 0 saturated carbocycles. The minimum atomic E-state index is -0.434. The van der Waals surface area contributed by atoms with E-state index in [9.17, 15) is 9.59 Å². The molecule has 128 valence electrons. The molecule has 0 bridgehead atoms. The van der Waals surface area contributed by atoms with Gasteiger partial charge in [-0.3, -0.25) is 14.0 Å². The number of halogens is 2. The number of fused-ring (bicyclic) bond motifs is 1. The number of carbonyl (C=O) groups is 1. The molecule has 0 fully saturated rings. The van der Waals surface area contributed by atoms with Crippen LogP contribution in [0.15, 0.2) is 47.4 Å². The van der Waals surface area contributed by atoms with Crippen LogP contribution in [0.4, 0.5) is 5.69 Å². The Kier molecular flexibility index (Phi) is 4.92. The van der Waals surface area contributed by atoms with E-state index in [2.05, 4.69) is 10.3 Å². The van der Waals surface area contributed by atoms with Crippen LogP contribution in [0.2, 0.25) is 10.0 Å². The summed E-state index contributed by atoms with van der Waals surface area (Å²) in [4.78, 5) is 28.3. The standard InChI is InChI=1S/C17H13Cl2N3O3/c1-10-3-2-6-22-16(24)8-15(21-17(10)22)25-9-14(23)20-13-5-4-11(18)7-12(13)19/h2-8H,9H2,1H3,(H,20,23). The summed E-state index contributed by atoms with van der Waals surface area (Å²) in [7, 11) is 0. The topological polar surface area (TPSA) is 72.7 Å². The van der Waals surface area contributed by atoms with Gasteiger partial charge in [-0.15, -0.1) is 0 Å². The molecule has 0 unspecified atom stereocenters. The van der Waals surface area contributed by atoms with Gasteiger partial charge in [-0.05, 0) is 36.8 Å². The first-order valence-corrected chi connectivity index (χ1v) is 8.06. The number of rotatable bonds is 4. The molecule has 0 aliphatic carbocycles. The fourth-order valence-electron chi connectivity index (χ4n) is 2.23. The van der Waals surface area contributed by atoms with Crippen LogP contribution in [-0.2, 0) is 4.79 Å². The van der Waals surface area contributed by atoms with Crippen molar-refractivity contribution < 1.29 is 9.53 Å². The van der Waals surface area contributed by atoms with Crippen molar-refractivity contribution in [1.29, 1.82) is 0 Å². The van der Waals surface area contributed by atoms with Gasteiger partial charge in [-0.25, -0.2) is 0 Å². The van der Waals surface area contributed by atoms with Gasteiger partial charge in [0.2, 0.25) is 5.88 Å². The number of hydrogen-bond acceptors (Lipinski definition) is 4. The Labute approximate surface area is 153 Å². The summed E-state index contributed by atoms with van der Waals surface area (Å²) in [5, 5.41) is 3.39. The molecule has 1 N–H and O–H groups in total. The summed E-state index contributed by atoms with van der Waals surface area (Å²) in [6, 6.07) is 9.55. The Hall–Kier alpha value is -2.57. The maximum absolute atomic E-state index is 12.1. The maximum Gasteiger partial charge on any atom is 0.262 e. The van der Waals surface area contributed by atoms with Gasteiger partial charge in [-0.1, -0.05) is 29.3 Å². The van der Waals surface area contributed by atoms with Gasteiger partial charge in [0.25, 0.3) is 11.5 Å². The van der Waals surface area contributed by atoms with Crippen molar-refractivity contribution in [2.24, 2.45) is 0 Å². The molecule has 0 spiro atoms. The summed E-state index contributed by atoms with van der Waals surface area (Å²) >= 11 is 11.8. The van der Waals surface area contributed by atoms with Crippen molar-refractivity contribution >= 4 is 40.4 Å². The number of amides is 1. The van der Waals surface area contributed by atoms with Crippen LogP contribution in [0.5, 0.6) is 5.88 Å². The second-order valence-electron chi connectivity index (χ2n) is 5.28. The smallest absolute Gasteiger partial charge is 0.262 e. The van der Waals surface area contributed by atoms with E-state index in [0.29, 0.717) is 21.4 Å². The van der Waals surface area contributed by atoms with E-state index in [1.807, 2.05) is 13.0 Å². The molecule has 2 heterocycles. The van der Waals surface area contributed by atoms with Crippen molar-refractivity contribution in [2.45, 2.75) is 6.92 Å². The lowest BCUT2D eigenvalue weighted by atomic mass is 10.3. The fourth-order valence-corrected chi connectivity index (χ4v) is 2.69. The zero-order valence-corrected chi connectivity index (χ0v) is 14.6. The molecule has 3 aromatic rings. The number of ether oxygens (including phenoxy) is 1. The van der Waals surface area contributed by atoms with Crippen molar-refractivity contribution in [1.82, 2.24) is 9.38 Å². The van der Waals surface area contributed by atoms with Crippen LogP contribution < -0.4 is 15.6 Å². The highest BCUT2D eigenvalue weighted by molar-refractivity contribution is 6.36. The first kappa shape index (κ1) is 17.3. The average Bonchev–Trinajstić information content (AvgIpc) is 2.57. The number of benzene rings is 1. The summed E-state index contributed by atoms with van der Waals surface area (Å²) in [6.07, 6.45) is 1.62. The van der Waals surface area contributed by atoms with Gasteiger partial charge in [0, 0.05) is 11.2 Å². The Balaban J connectivity index is 1.73. The number of pyridine rings is 1. The molecule has 1 aromatic carbocycles. The highest BCUT2D eigenvalue weighted by Crippen LogP contribution is 2.25. The molecule has 25 heavy (non-hydrogen) atoms. The molecular weight excluding hydrogens is 365 g/mol. The second-order valence-corrected chi connectivity index (χ2v) is 6.12. The van der Waals surface area contributed by atoms with Crippen molar-refractivity contribution in [3.8, 4) is 5.88 Å². The number of anilines is 1. The van der Waals surface area contributed by atoms with Gasteiger partial charge in [0.1, 0.15) is 5.65 Å². The quantitative estimate of drug-likeness (QED) is 0.756. The predicted octanol–water partition coefficient (Wildman–Crippen LogP) is 3.33. The van der Waals surface area contributed by atoms with E-state index < -0.39 is 5.91 Å². The lowest BCUT2D eigenvalue weighted by Crippen LogP contribution is -2.22. The van der Waals surface area contributed by atoms with Crippen LogP contribution in [0, 0.1) is 6.92 Å². The first-order valence-electron chi connectivity index (χ1n) is 7.31. The SMILES string of the molecule is Cc1cccn2c(=O)cc(OCC(=O)Nc3ccc(Cl)cc3Cl)nc12. The number of aromatic nitrogens is 2. The van der Waals surface area contributed by atoms with Gasteiger partial charge in [0.15, 0.2) is 6.61 Å². The van der Waals surface area contributed by atoms with Gasteiger partial charge in [-0.2, -0.15) is 4.98 Å². The van der Waals surface area contributed by atoms with Gasteiger partial charge in [0.05, 0.1) is 16.8 Å². The van der Waals surface area contributed by atoms with Gasteiger partial charge < -0.3 is 10.1 Å². The summed E-state index contributed by atoms with van der Waals surface area (Å²) < 4.78 is 6.75. The lowest BCUT2D eigenvalue weighted by Gasteiger charge is -2.09. The Morgan fingerprint density at radius 2 is 2.08 bits per heavy atom. The molecule has 6 nitrogen and oxygen atoms in total. The monoisotopic (exact) mass is 377 g/mol. The summed E-state index contributed by atoms with van der Waals surface area (Å²) in [5.41, 5.74) is 1.43. The molecule has 0 aliphatic heterocycles. The second kappa shape index (κ2) is 7.13. The van der Waals surface area contributed by atoms with Crippen LogP contribution in [-0.4, -0.2) is 21.9 Å². The van der Waals surface area contributed by atoms with Crippen LogP contribution >= 0.6 is 23.2 Å². The first-order chi connectivity index (χ1) is 11.9. The minimum Gasteiger partial charge on any atom is -0.467 e. The number of nitrogens with zero attached hydrogens (tertiary/aromatic N) is 2. The van der Waals surface area contributed by atoms with E-state index in [1.54, 1.807) is 24.4 Å². The third-order valence-corrected chi connectivity index (χ3v) is 3.97. The molecule has 1 amide bonds. The molecule has 3 rings (SSSR count). The highest BCUT2D eigenvalue weighted by Gasteiger charge is 2.10. The van der Waals surface area contributed by atoms with E-state index in [-0.39, 0.29) is 18.0 Å². The van der Waals surface area contributed by atoms with Crippen molar-refractivity contribution in [2.75, 3.05) is 11.9 Å². The molecule has 2 aromatic heterocycles. The summed E-state index contributed by atoms with van der Waals surface area (Å²) in [6.45, 7) is 1.52. The lowest BCUT2D eigenvalue weighted by molar-refractivity contribution is -0.118. The number of aryl methyl sites for hydroxylation is 1. The van der Waals surface area contributed by atoms with Gasteiger partial charge >= 0.3 is 0 Å². The zero-order chi connectivity index (χ0) is 18.0. The largest absolute Gasteiger partial charge is 0.467 e. The van der Waals surface area contributed by atoms with Crippen molar-refractivity contribution in [3.05, 3.63) is 68.6 Å². The molecule has 0 radical (unpaired) electrons. The number of hydrogen-bond donors (Lipinski definition) is 1. The molecule has 0 atom stereocenters. The minimum absolute atomic E-state index is 0.0802. The normalized spacial score (nSPS) is 10.7. The molecule has 8 heteroatoms. The Morgan fingerprint density at radius 3 is 2.84 bits per heavy atom. The average molecular weight is 378 g/mol. The third kappa shape index (κ3) is 3.92. The van der Waals surface area contributed by atoms with Crippen LogP contribution in [0.3, 0.4) is 0 Å². The predicted molar refractivity (Wildman–Crippen MR) is 96.8 cm³/mol. The molecule has 0 aliphatic rings. The van der Waals surface area contributed by atoms with Crippen LogP contribution in [0.25, 0.3) is 5.65 Å². The van der Waals surface area contributed by atoms with E-state index in [1.165, 1.54) is 16.5 Å². The zero-order valence-electron chi connectivity index (χ0n) is 13.1.